The Kier molecular flexibility index (Phi) is 5.11. The largest absolute Gasteiger partial charge is 0.469 e. The normalized spacial score (nSPS) is 10.0. The lowest BCUT2D eigenvalue weighted by molar-refractivity contribution is -0.388. The highest BCUT2D eigenvalue weighted by atomic mass is 35.5. The highest BCUT2D eigenvalue weighted by Gasteiger charge is 2.17. The van der Waals surface area contributed by atoms with Crippen LogP contribution in [-0.2, 0) is 9.53 Å². The summed E-state index contributed by atoms with van der Waals surface area (Å²) in [7, 11) is 1.27. The summed E-state index contributed by atoms with van der Waals surface area (Å²) in [6, 6.07) is 0. The summed E-state index contributed by atoms with van der Waals surface area (Å²) in [6.07, 6.45) is 1.18. The quantitative estimate of drug-likeness (QED) is 0.202. The first-order valence-electron chi connectivity index (χ1n) is 4.41. The van der Waals surface area contributed by atoms with E-state index in [1.165, 1.54) is 7.11 Å². The summed E-state index contributed by atoms with van der Waals surface area (Å²) >= 11 is 6.60. The molecule has 92 valence electrons. The Morgan fingerprint density at radius 1 is 1.71 bits per heavy atom. The Bertz CT molecular complexity index is 443. The van der Waals surface area contributed by atoms with Crippen LogP contribution in [0.2, 0.25) is 5.28 Å². The number of carbonyl (C=O) groups is 1. The first-order chi connectivity index (χ1) is 8.04. The van der Waals surface area contributed by atoms with E-state index in [2.05, 4.69) is 14.7 Å². The van der Waals surface area contributed by atoms with Crippen molar-refractivity contribution in [1.29, 1.82) is 0 Å². The number of ether oxygens (including phenoxy) is 1. The van der Waals surface area contributed by atoms with Crippen molar-refractivity contribution < 1.29 is 14.5 Å². The van der Waals surface area contributed by atoms with Crippen molar-refractivity contribution in [3.05, 3.63) is 21.6 Å². The minimum atomic E-state index is -0.600. The van der Waals surface area contributed by atoms with Crippen LogP contribution in [0.5, 0.6) is 0 Å². The fourth-order valence-corrected chi connectivity index (χ4v) is 1.98. The van der Waals surface area contributed by atoms with Gasteiger partial charge in [-0.05, 0) is 11.6 Å². The van der Waals surface area contributed by atoms with Gasteiger partial charge in [-0.3, -0.25) is 14.9 Å². The topological polar surface area (TPSA) is 95.2 Å². The van der Waals surface area contributed by atoms with Crippen molar-refractivity contribution in [3.63, 3.8) is 0 Å². The minimum Gasteiger partial charge on any atom is -0.469 e. The lowest BCUT2D eigenvalue weighted by Crippen LogP contribution is -2.02. The molecule has 17 heavy (non-hydrogen) atoms. The molecule has 0 aliphatic rings. The number of esters is 1. The van der Waals surface area contributed by atoms with E-state index in [4.69, 9.17) is 11.6 Å². The van der Waals surface area contributed by atoms with Gasteiger partial charge in [0.15, 0.2) is 5.03 Å². The molecule has 0 radical (unpaired) electrons. The average molecular weight is 278 g/mol. The van der Waals surface area contributed by atoms with Crippen LogP contribution in [0.3, 0.4) is 0 Å². The molecule has 0 saturated carbocycles. The molecule has 0 amide bonds. The smallest absolute Gasteiger partial charge is 0.319 e. The van der Waals surface area contributed by atoms with Crippen LogP contribution in [0.4, 0.5) is 5.69 Å². The van der Waals surface area contributed by atoms with Gasteiger partial charge in [-0.1, -0.05) is 11.8 Å². The van der Waals surface area contributed by atoms with E-state index < -0.39 is 4.92 Å². The lowest BCUT2D eigenvalue weighted by atomic mass is 10.5. The van der Waals surface area contributed by atoms with Gasteiger partial charge in [-0.25, -0.2) is 9.97 Å². The van der Waals surface area contributed by atoms with Gasteiger partial charge in [0, 0.05) is 5.75 Å². The Balaban J connectivity index is 2.72. The van der Waals surface area contributed by atoms with Gasteiger partial charge in [-0.15, -0.1) is 0 Å². The number of nitro groups is 1. The highest BCUT2D eigenvalue weighted by Crippen LogP contribution is 2.27. The van der Waals surface area contributed by atoms with E-state index >= 15 is 0 Å². The number of carbonyl (C=O) groups excluding carboxylic acids is 1. The van der Waals surface area contributed by atoms with Crippen molar-refractivity contribution in [1.82, 2.24) is 9.97 Å². The van der Waals surface area contributed by atoms with Crippen LogP contribution >= 0.6 is 23.4 Å². The lowest BCUT2D eigenvalue weighted by Gasteiger charge is -2.01. The van der Waals surface area contributed by atoms with Crippen molar-refractivity contribution in [3.8, 4) is 0 Å². The average Bonchev–Trinajstić information content (AvgIpc) is 2.28. The molecule has 0 aliphatic heterocycles. The van der Waals surface area contributed by atoms with Crippen molar-refractivity contribution in [2.24, 2.45) is 0 Å². The molecule has 0 unspecified atom stereocenters. The first kappa shape index (κ1) is 13.7. The number of halogens is 1. The second kappa shape index (κ2) is 6.36. The van der Waals surface area contributed by atoms with Gasteiger partial charge in [0.25, 0.3) is 0 Å². The molecule has 7 nitrogen and oxygen atoms in total. The molecule has 0 aliphatic carbocycles. The molecule has 0 saturated heterocycles. The van der Waals surface area contributed by atoms with Gasteiger partial charge in [0.1, 0.15) is 6.20 Å². The second-order valence-corrected chi connectivity index (χ2v) is 4.18. The summed E-state index contributed by atoms with van der Waals surface area (Å²) in [5.74, 6) is -0.0683. The van der Waals surface area contributed by atoms with Crippen LogP contribution in [0, 0.1) is 10.1 Å². The van der Waals surface area contributed by atoms with Crippen LogP contribution in [0.1, 0.15) is 6.42 Å². The zero-order valence-corrected chi connectivity index (χ0v) is 10.3. The maximum absolute atomic E-state index is 10.9. The molecule has 1 aromatic heterocycles. The molecule has 1 aromatic rings. The molecule has 9 heteroatoms. The zero-order chi connectivity index (χ0) is 12.8. The summed E-state index contributed by atoms with van der Waals surface area (Å²) in [5.41, 5.74) is -0.232. The highest BCUT2D eigenvalue weighted by molar-refractivity contribution is 7.99. The number of rotatable bonds is 5. The fraction of sp³-hybridized carbons (Fsp3) is 0.375. The van der Waals surface area contributed by atoms with Gasteiger partial charge in [-0.2, -0.15) is 0 Å². The second-order valence-electron chi connectivity index (χ2n) is 2.76. The van der Waals surface area contributed by atoms with E-state index in [-0.39, 0.29) is 28.4 Å². The van der Waals surface area contributed by atoms with Gasteiger partial charge in [0.2, 0.25) is 5.28 Å². The number of hydrogen-bond acceptors (Lipinski definition) is 7. The summed E-state index contributed by atoms with van der Waals surface area (Å²) in [6.45, 7) is 0. The third-order valence-electron chi connectivity index (χ3n) is 1.68. The van der Waals surface area contributed by atoms with Crippen LogP contribution < -0.4 is 0 Å². The molecule has 0 N–H and O–H groups in total. The van der Waals surface area contributed by atoms with Crippen LogP contribution in [0.15, 0.2) is 11.2 Å². The molecule has 0 bridgehead atoms. The third kappa shape index (κ3) is 4.16. The Hall–Kier alpha value is -1.41. The minimum absolute atomic E-state index is 0.0730. The molecule has 1 heterocycles. The molecule has 0 aromatic carbocycles. The molecular weight excluding hydrogens is 270 g/mol. The monoisotopic (exact) mass is 277 g/mol. The number of nitrogens with zero attached hydrogens (tertiary/aromatic N) is 3. The number of aromatic nitrogens is 2. The standard InChI is InChI=1S/C8H8ClN3O4S/c1-16-6(13)2-3-17-7-5(12(14)15)4-10-8(9)11-7/h4H,2-3H2,1H3. The third-order valence-corrected chi connectivity index (χ3v) is 2.84. The van der Waals surface area contributed by atoms with Gasteiger partial charge >= 0.3 is 11.7 Å². The number of thioether (sulfide) groups is 1. The molecule has 0 fully saturated rings. The predicted molar refractivity (Wildman–Crippen MR) is 61.1 cm³/mol. The van der Waals surface area contributed by atoms with E-state index in [0.717, 1.165) is 18.0 Å². The fourth-order valence-electron chi connectivity index (χ4n) is 0.904. The molecule has 0 spiro atoms. The van der Waals surface area contributed by atoms with E-state index in [9.17, 15) is 14.9 Å². The molecular formula is C8H8ClN3O4S. The van der Waals surface area contributed by atoms with Crippen LogP contribution in [0.25, 0.3) is 0 Å². The maximum Gasteiger partial charge on any atom is 0.319 e. The molecule has 1 rings (SSSR count). The van der Waals surface area contributed by atoms with Gasteiger partial charge in [0.05, 0.1) is 18.5 Å². The van der Waals surface area contributed by atoms with Crippen molar-refractivity contribution in [2.75, 3.05) is 12.9 Å². The van der Waals surface area contributed by atoms with Crippen LogP contribution in [-0.4, -0.2) is 33.7 Å². The van der Waals surface area contributed by atoms with Gasteiger partial charge < -0.3 is 4.74 Å². The maximum atomic E-state index is 10.9. The summed E-state index contributed by atoms with van der Waals surface area (Å²) < 4.78 is 4.44. The predicted octanol–water partition coefficient (Wildman–Crippen LogP) is 1.69. The summed E-state index contributed by atoms with van der Waals surface area (Å²) in [5, 5.41) is 10.7. The molecule has 0 atom stereocenters. The van der Waals surface area contributed by atoms with Crippen molar-refractivity contribution in [2.45, 2.75) is 11.4 Å². The zero-order valence-electron chi connectivity index (χ0n) is 8.75. The van der Waals surface area contributed by atoms with E-state index in [1.54, 1.807) is 0 Å². The van der Waals surface area contributed by atoms with E-state index in [1.807, 2.05) is 0 Å². The summed E-state index contributed by atoms with van der Waals surface area (Å²) in [4.78, 5) is 28.2. The first-order valence-corrected chi connectivity index (χ1v) is 5.77. The van der Waals surface area contributed by atoms with E-state index in [0.29, 0.717) is 5.75 Å². The number of methoxy groups -OCH3 is 1. The Morgan fingerprint density at radius 3 is 3.00 bits per heavy atom. The Morgan fingerprint density at radius 2 is 2.41 bits per heavy atom. The number of hydrogen-bond donors (Lipinski definition) is 0. The SMILES string of the molecule is COC(=O)CCSc1nc(Cl)ncc1[N+](=O)[O-]. The van der Waals surface area contributed by atoms with Crippen molar-refractivity contribution >= 4 is 35.0 Å². The Labute approximate surface area is 106 Å².